The molecule has 2 aromatic rings. The first-order chi connectivity index (χ1) is 11.9. The van der Waals surface area contributed by atoms with Crippen LogP contribution in [-0.2, 0) is 10.8 Å². The Hall–Kier alpha value is -1.92. The monoisotopic (exact) mass is 395 g/mol. The Bertz CT molecular complexity index is 783. The second-order valence-electron chi connectivity index (χ2n) is 8.03. The quantitative estimate of drug-likeness (QED) is 0.568. The van der Waals surface area contributed by atoms with Crippen molar-refractivity contribution in [2.45, 2.75) is 52.4 Å². The number of benzene rings is 1. The molecule has 0 radical (unpaired) electrons. The highest BCUT2D eigenvalue weighted by molar-refractivity contribution is 6.31. The van der Waals surface area contributed by atoms with Gasteiger partial charge in [-0.15, -0.1) is 0 Å². The molecule has 0 saturated carbocycles. The molecule has 0 unspecified atom stereocenters. The van der Waals surface area contributed by atoms with E-state index in [1.54, 1.807) is 6.21 Å². The summed E-state index contributed by atoms with van der Waals surface area (Å²) < 4.78 is 0. The standard InChI is InChI=1S/C18H23Cl2N5O/c1-17(2,3)11-7-10(8-12(13(11)26)18(4,5)6)9-21-25-16-23-14(19)22-15(20)24-16/h7-9,26H,1-6H3,(H,22,23,24,25)/b21-9+. The molecule has 0 atom stereocenters. The van der Waals surface area contributed by atoms with Crippen LogP contribution in [0.3, 0.4) is 0 Å². The van der Waals surface area contributed by atoms with Crippen molar-refractivity contribution in [1.82, 2.24) is 15.0 Å². The maximum Gasteiger partial charge on any atom is 0.249 e. The molecular formula is C18H23Cl2N5O. The molecule has 0 fully saturated rings. The molecule has 0 aliphatic rings. The lowest BCUT2D eigenvalue weighted by atomic mass is 9.78. The summed E-state index contributed by atoms with van der Waals surface area (Å²) in [6, 6.07) is 3.84. The lowest BCUT2D eigenvalue weighted by Crippen LogP contribution is -2.18. The Morgan fingerprint density at radius 2 is 1.38 bits per heavy atom. The number of rotatable bonds is 3. The predicted octanol–water partition coefficient (Wildman–Crippen LogP) is 4.93. The number of phenolic OH excluding ortho intramolecular Hbond substituents is 1. The van der Waals surface area contributed by atoms with Gasteiger partial charge < -0.3 is 5.11 Å². The van der Waals surface area contributed by atoms with Crippen LogP contribution in [0.25, 0.3) is 0 Å². The van der Waals surface area contributed by atoms with Crippen molar-refractivity contribution in [3.63, 3.8) is 0 Å². The summed E-state index contributed by atoms with van der Waals surface area (Å²) in [7, 11) is 0. The molecule has 1 aromatic heterocycles. The predicted molar refractivity (Wildman–Crippen MR) is 107 cm³/mol. The van der Waals surface area contributed by atoms with Crippen molar-refractivity contribution in [1.29, 1.82) is 0 Å². The first kappa shape index (κ1) is 20.4. The van der Waals surface area contributed by atoms with Gasteiger partial charge in [-0.1, -0.05) is 41.5 Å². The van der Waals surface area contributed by atoms with E-state index in [0.29, 0.717) is 5.75 Å². The zero-order valence-corrected chi connectivity index (χ0v) is 17.2. The van der Waals surface area contributed by atoms with E-state index in [9.17, 15) is 5.11 Å². The van der Waals surface area contributed by atoms with Crippen LogP contribution < -0.4 is 5.43 Å². The van der Waals surface area contributed by atoms with Crippen LogP contribution in [0.15, 0.2) is 17.2 Å². The fourth-order valence-electron chi connectivity index (χ4n) is 2.42. The number of nitrogens with zero attached hydrogens (tertiary/aromatic N) is 4. The minimum Gasteiger partial charge on any atom is -0.507 e. The van der Waals surface area contributed by atoms with E-state index in [4.69, 9.17) is 23.2 Å². The molecule has 0 amide bonds. The molecule has 0 bridgehead atoms. The fourth-order valence-corrected chi connectivity index (χ4v) is 2.78. The summed E-state index contributed by atoms with van der Waals surface area (Å²) in [4.78, 5) is 11.5. The van der Waals surface area contributed by atoms with E-state index >= 15 is 0 Å². The van der Waals surface area contributed by atoms with Gasteiger partial charge in [0.05, 0.1) is 6.21 Å². The van der Waals surface area contributed by atoms with Crippen LogP contribution in [0.2, 0.25) is 10.6 Å². The molecule has 0 saturated heterocycles. The van der Waals surface area contributed by atoms with E-state index in [-0.39, 0.29) is 27.3 Å². The molecule has 140 valence electrons. The van der Waals surface area contributed by atoms with Gasteiger partial charge in [0.2, 0.25) is 16.5 Å². The van der Waals surface area contributed by atoms with Gasteiger partial charge in [-0.05, 0) is 51.7 Å². The Labute approximate surface area is 163 Å². The normalized spacial score (nSPS) is 12.6. The first-order valence-corrected chi connectivity index (χ1v) is 8.87. The van der Waals surface area contributed by atoms with Gasteiger partial charge in [0.15, 0.2) is 0 Å². The van der Waals surface area contributed by atoms with E-state index < -0.39 is 0 Å². The molecule has 1 heterocycles. The molecule has 0 spiro atoms. The summed E-state index contributed by atoms with van der Waals surface area (Å²) in [5, 5.41) is 14.8. The van der Waals surface area contributed by atoms with Crippen LogP contribution in [0.5, 0.6) is 5.75 Å². The van der Waals surface area contributed by atoms with Gasteiger partial charge in [-0.25, -0.2) is 5.43 Å². The zero-order valence-electron chi connectivity index (χ0n) is 15.7. The van der Waals surface area contributed by atoms with E-state index in [0.717, 1.165) is 16.7 Å². The van der Waals surface area contributed by atoms with E-state index in [1.165, 1.54) is 0 Å². The van der Waals surface area contributed by atoms with E-state index in [1.807, 2.05) is 12.1 Å². The summed E-state index contributed by atoms with van der Waals surface area (Å²) in [5.74, 6) is 0.475. The van der Waals surface area contributed by atoms with Crippen LogP contribution in [0.1, 0.15) is 58.2 Å². The number of hydrogen-bond acceptors (Lipinski definition) is 6. The summed E-state index contributed by atoms with van der Waals surface area (Å²) in [6.07, 6.45) is 1.63. The Morgan fingerprint density at radius 1 is 0.923 bits per heavy atom. The van der Waals surface area contributed by atoms with Gasteiger partial charge in [-0.2, -0.15) is 20.1 Å². The molecule has 0 aliphatic carbocycles. The minimum atomic E-state index is -0.212. The van der Waals surface area contributed by atoms with Crippen LogP contribution in [0, 0.1) is 0 Å². The highest BCUT2D eigenvalue weighted by atomic mass is 35.5. The molecule has 2 rings (SSSR count). The number of anilines is 1. The molecule has 2 N–H and O–H groups in total. The lowest BCUT2D eigenvalue weighted by molar-refractivity contribution is 0.423. The van der Waals surface area contributed by atoms with Crippen molar-refractivity contribution < 1.29 is 5.11 Å². The minimum absolute atomic E-state index is 0.0163. The number of phenols is 1. The number of aromatic hydroxyl groups is 1. The molecule has 8 heteroatoms. The van der Waals surface area contributed by atoms with Crippen molar-refractivity contribution in [2.24, 2.45) is 5.10 Å². The zero-order chi connectivity index (χ0) is 19.7. The third kappa shape index (κ3) is 5.05. The molecule has 6 nitrogen and oxygen atoms in total. The fraction of sp³-hybridized carbons (Fsp3) is 0.444. The Morgan fingerprint density at radius 3 is 1.81 bits per heavy atom. The maximum absolute atomic E-state index is 10.7. The Kier molecular flexibility index (Phi) is 5.78. The second-order valence-corrected chi connectivity index (χ2v) is 8.71. The first-order valence-electron chi connectivity index (χ1n) is 8.12. The van der Waals surface area contributed by atoms with Crippen molar-refractivity contribution in [2.75, 3.05) is 5.43 Å². The molecular weight excluding hydrogens is 373 g/mol. The van der Waals surface area contributed by atoms with Gasteiger partial charge in [0.25, 0.3) is 0 Å². The highest BCUT2D eigenvalue weighted by Gasteiger charge is 2.26. The smallest absolute Gasteiger partial charge is 0.249 e. The van der Waals surface area contributed by atoms with Crippen LogP contribution in [0.4, 0.5) is 5.95 Å². The lowest BCUT2D eigenvalue weighted by Gasteiger charge is -2.27. The molecule has 0 aliphatic heterocycles. The third-order valence-corrected chi connectivity index (χ3v) is 4.05. The average molecular weight is 396 g/mol. The summed E-state index contributed by atoms with van der Waals surface area (Å²) >= 11 is 11.5. The van der Waals surface area contributed by atoms with Gasteiger partial charge >= 0.3 is 0 Å². The number of nitrogens with one attached hydrogen (secondary N) is 1. The third-order valence-electron chi connectivity index (χ3n) is 3.71. The number of hydrogen-bond donors (Lipinski definition) is 2. The van der Waals surface area contributed by atoms with Gasteiger partial charge in [0, 0.05) is 11.1 Å². The van der Waals surface area contributed by atoms with Gasteiger partial charge in [0.1, 0.15) is 5.75 Å². The van der Waals surface area contributed by atoms with Gasteiger partial charge in [-0.3, -0.25) is 0 Å². The highest BCUT2D eigenvalue weighted by Crippen LogP contribution is 2.39. The van der Waals surface area contributed by atoms with Crippen LogP contribution in [-0.4, -0.2) is 26.3 Å². The van der Waals surface area contributed by atoms with E-state index in [2.05, 4.69) is 67.0 Å². The Balaban J connectivity index is 2.39. The molecule has 1 aromatic carbocycles. The molecule has 26 heavy (non-hydrogen) atoms. The number of halogens is 2. The number of hydrazone groups is 1. The largest absolute Gasteiger partial charge is 0.507 e. The summed E-state index contributed by atoms with van der Waals surface area (Å²) in [6.45, 7) is 12.3. The maximum atomic E-state index is 10.7. The second kappa shape index (κ2) is 7.37. The van der Waals surface area contributed by atoms with Crippen molar-refractivity contribution in [3.8, 4) is 5.75 Å². The van der Waals surface area contributed by atoms with Crippen LogP contribution >= 0.6 is 23.2 Å². The van der Waals surface area contributed by atoms with Crippen molar-refractivity contribution in [3.05, 3.63) is 39.4 Å². The topological polar surface area (TPSA) is 83.3 Å². The number of aromatic nitrogens is 3. The van der Waals surface area contributed by atoms with Crippen molar-refractivity contribution >= 4 is 35.4 Å². The SMILES string of the molecule is CC(C)(C)c1cc(/C=N/Nc2nc(Cl)nc(Cl)n2)cc(C(C)(C)C)c1O. The summed E-state index contributed by atoms with van der Waals surface area (Å²) in [5.41, 5.74) is 4.82. The average Bonchev–Trinajstić information content (AvgIpc) is 2.45.